The Hall–Kier alpha value is 0.0700. The Balaban J connectivity index is 3.79. The first-order valence-electron chi connectivity index (χ1n) is 5.18. The number of quaternary nitrogens is 1. The molecular weight excluding hydrogens is 217 g/mol. The maximum absolute atomic E-state index is 11.0. The van der Waals surface area contributed by atoms with Gasteiger partial charge in [0.1, 0.15) is 13.2 Å². The van der Waals surface area contributed by atoms with Crippen molar-refractivity contribution < 1.29 is 23.0 Å². The van der Waals surface area contributed by atoms with Crippen LogP contribution in [-0.4, -0.2) is 50.3 Å². The number of phosphoric acid groups is 1. The number of unbranched alkanes of at least 4 members (excludes halogenated alkanes) is 1. The van der Waals surface area contributed by atoms with Gasteiger partial charge in [0.2, 0.25) is 0 Å². The normalized spacial score (nSPS) is 16.3. The van der Waals surface area contributed by atoms with E-state index in [2.05, 4.69) is 25.5 Å². The van der Waals surface area contributed by atoms with E-state index >= 15 is 0 Å². The summed E-state index contributed by atoms with van der Waals surface area (Å²) in [6, 6.07) is 0. The summed E-state index contributed by atoms with van der Waals surface area (Å²) in [5, 5.41) is 0. The third kappa shape index (κ3) is 7.94. The van der Waals surface area contributed by atoms with Crippen molar-refractivity contribution in [1.82, 2.24) is 0 Å². The van der Waals surface area contributed by atoms with Crippen LogP contribution >= 0.6 is 7.82 Å². The Kier molecular flexibility index (Phi) is 6.64. The zero-order chi connectivity index (χ0) is 11.9. The Morgan fingerprint density at radius 2 is 1.93 bits per heavy atom. The van der Waals surface area contributed by atoms with Gasteiger partial charge in [-0.3, -0.25) is 9.05 Å². The highest BCUT2D eigenvalue weighted by Crippen LogP contribution is 2.41. The van der Waals surface area contributed by atoms with Crippen LogP contribution in [0.2, 0.25) is 0 Å². The van der Waals surface area contributed by atoms with E-state index in [1.165, 1.54) is 0 Å². The van der Waals surface area contributed by atoms with Crippen LogP contribution in [0.4, 0.5) is 0 Å². The summed E-state index contributed by atoms with van der Waals surface area (Å²) in [6.45, 7) is 4.12. The summed E-state index contributed by atoms with van der Waals surface area (Å²) in [5.41, 5.74) is 0. The van der Waals surface area contributed by atoms with E-state index in [4.69, 9.17) is 9.42 Å². The molecule has 0 heterocycles. The smallest absolute Gasteiger partial charge is 0.327 e. The largest absolute Gasteiger partial charge is 0.472 e. The zero-order valence-corrected chi connectivity index (χ0v) is 11.0. The van der Waals surface area contributed by atoms with Crippen LogP contribution in [0, 0.1) is 0 Å². The monoisotopic (exact) mass is 240 g/mol. The van der Waals surface area contributed by atoms with Gasteiger partial charge in [0.15, 0.2) is 0 Å². The summed E-state index contributed by atoms with van der Waals surface area (Å²) in [6.07, 6.45) is 2.30. The van der Waals surface area contributed by atoms with Crippen molar-refractivity contribution in [2.45, 2.75) is 19.8 Å². The molecule has 0 saturated heterocycles. The molecule has 0 fully saturated rings. The summed E-state index contributed by atoms with van der Waals surface area (Å²) in [5.74, 6) is 0. The molecule has 0 aromatic heterocycles. The molecule has 0 aromatic rings. The lowest BCUT2D eigenvalue weighted by atomic mass is 10.3. The average molecular weight is 240 g/mol. The van der Waals surface area contributed by atoms with E-state index in [9.17, 15) is 4.57 Å². The Bertz CT molecular complexity index is 220. The van der Waals surface area contributed by atoms with Crippen LogP contribution in [0.3, 0.4) is 0 Å². The Morgan fingerprint density at radius 3 is 2.40 bits per heavy atom. The molecule has 1 N–H and O–H groups in total. The molecule has 0 aromatic carbocycles. The van der Waals surface area contributed by atoms with Crippen LogP contribution in [0.25, 0.3) is 0 Å². The fraction of sp³-hybridized carbons (Fsp3) is 1.00. The summed E-state index contributed by atoms with van der Waals surface area (Å²) >= 11 is 0. The topological polar surface area (TPSA) is 55.8 Å². The van der Waals surface area contributed by atoms with E-state index in [-0.39, 0.29) is 6.61 Å². The number of nitrogens with zero attached hydrogens (tertiary/aromatic N) is 1. The van der Waals surface area contributed by atoms with Crippen LogP contribution in [-0.2, 0) is 13.6 Å². The van der Waals surface area contributed by atoms with Crippen LogP contribution in [0.5, 0.6) is 0 Å². The third-order valence-corrected chi connectivity index (χ3v) is 3.27. The van der Waals surface area contributed by atoms with Crippen molar-refractivity contribution in [2.75, 3.05) is 40.9 Å². The van der Waals surface area contributed by atoms with Gasteiger partial charge in [0.25, 0.3) is 0 Å². The first-order chi connectivity index (χ1) is 6.83. The number of rotatable bonds is 8. The quantitative estimate of drug-likeness (QED) is 0.517. The minimum absolute atomic E-state index is 0.234. The third-order valence-electron chi connectivity index (χ3n) is 2.30. The molecule has 0 spiro atoms. The summed E-state index contributed by atoms with van der Waals surface area (Å²) in [7, 11) is 1.52. The van der Waals surface area contributed by atoms with Gasteiger partial charge in [0.05, 0.1) is 20.6 Å². The molecule has 5 nitrogen and oxygen atoms in total. The van der Waals surface area contributed by atoms with E-state index in [1.54, 1.807) is 0 Å². The van der Waals surface area contributed by atoms with Crippen LogP contribution < -0.4 is 0 Å². The van der Waals surface area contributed by atoms with E-state index in [0.29, 0.717) is 6.54 Å². The molecule has 0 amide bonds. The molecule has 0 saturated carbocycles. The molecule has 0 aliphatic carbocycles. The lowest BCUT2D eigenvalue weighted by molar-refractivity contribution is -0.890. The van der Waals surface area contributed by atoms with Crippen molar-refractivity contribution in [3.63, 3.8) is 0 Å². The second-order valence-electron chi connectivity index (χ2n) is 4.22. The number of hydrogen-bond acceptors (Lipinski definition) is 3. The van der Waals surface area contributed by atoms with Gasteiger partial charge in [-0.25, -0.2) is 4.57 Å². The predicted octanol–water partition coefficient (Wildman–Crippen LogP) is 1.63. The number of phosphoric ester groups is 1. The molecule has 0 radical (unpaired) electrons. The molecule has 1 unspecified atom stereocenters. The first-order valence-corrected chi connectivity index (χ1v) is 6.67. The lowest BCUT2D eigenvalue weighted by Crippen LogP contribution is -2.42. The zero-order valence-electron chi connectivity index (χ0n) is 10.1. The fourth-order valence-electron chi connectivity index (χ4n) is 1.15. The van der Waals surface area contributed by atoms with Crippen LogP contribution in [0.1, 0.15) is 19.8 Å². The van der Waals surface area contributed by atoms with E-state index in [1.807, 2.05) is 0 Å². The molecule has 15 heavy (non-hydrogen) atoms. The van der Waals surface area contributed by atoms with Gasteiger partial charge in [-0.1, -0.05) is 13.3 Å². The molecule has 92 valence electrons. The highest BCUT2D eigenvalue weighted by atomic mass is 31.2. The molecule has 0 aliphatic heterocycles. The molecule has 0 aliphatic rings. The number of hydrogen-bond donors (Lipinski definition) is 1. The highest BCUT2D eigenvalue weighted by molar-refractivity contribution is 7.47. The second-order valence-corrected chi connectivity index (χ2v) is 5.78. The Labute approximate surface area is 92.2 Å². The maximum atomic E-state index is 11.0. The predicted molar refractivity (Wildman–Crippen MR) is 59.5 cm³/mol. The van der Waals surface area contributed by atoms with Gasteiger partial charge in [-0.15, -0.1) is 0 Å². The molecule has 1 atom stereocenters. The number of likely N-dealkylation sites (N-methyl/N-ethyl adjacent to an activating group) is 1. The first kappa shape index (κ1) is 15.1. The summed E-state index contributed by atoms with van der Waals surface area (Å²) in [4.78, 5) is 9.00. The lowest BCUT2D eigenvalue weighted by Gasteiger charge is -2.29. The van der Waals surface area contributed by atoms with Gasteiger partial charge >= 0.3 is 7.82 Å². The highest BCUT2D eigenvalue weighted by Gasteiger charge is 2.21. The maximum Gasteiger partial charge on any atom is 0.472 e. The van der Waals surface area contributed by atoms with Crippen molar-refractivity contribution in [3.05, 3.63) is 0 Å². The van der Waals surface area contributed by atoms with Crippen molar-refractivity contribution in [2.24, 2.45) is 0 Å². The van der Waals surface area contributed by atoms with E-state index < -0.39 is 7.82 Å². The molecule has 0 bridgehead atoms. The van der Waals surface area contributed by atoms with Crippen molar-refractivity contribution >= 4 is 7.82 Å². The Morgan fingerprint density at radius 1 is 1.33 bits per heavy atom. The van der Waals surface area contributed by atoms with Gasteiger partial charge in [0, 0.05) is 7.11 Å². The van der Waals surface area contributed by atoms with E-state index in [0.717, 1.165) is 31.0 Å². The second kappa shape index (κ2) is 6.61. The summed E-state index contributed by atoms with van der Waals surface area (Å²) < 4.78 is 20.9. The minimum Gasteiger partial charge on any atom is -0.327 e. The van der Waals surface area contributed by atoms with Gasteiger partial charge < -0.3 is 9.38 Å². The van der Waals surface area contributed by atoms with Gasteiger partial charge in [-0.05, 0) is 6.42 Å². The average Bonchev–Trinajstić information content (AvgIpc) is 2.14. The molecular formula is C9H23NO4P+. The molecule has 6 heteroatoms. The van der Waals surface area contributed by atoms with Crippen molar-refractivity contribution in [3.8, 4) is 0 Å². The SMILES string of the molecule is CCCC[N+](C)(C)CCOP(=O)(O)OC. The standard InChI is InChI=1S/C9H22NO4P/c1-5-6-7-10(2,3)8-9-14-15(11,12)13-4/h5-9H2,1-4H3/p+1. The minimum atomic E-state index is -3.80. The van der Waals surface area contributed by atoms with Crippen LogP contribution in [0.15, 0.2) is 0 Å². The van der Waals surface area contributed by atoms with Crippen molar-refractivity contribution in [1.29, 1.82) is 0 Å². The van der Waals surface area contributed by atoms with Gasteiger partial charge in [-0.2, -0.15) is 0 Å². The molecule has 0 rings (SSSR count). The fourth-order valence-corrected chi connectivity index (χ4v) is 1.57.